The van der Waals surface area contributed by atoms with Gasteiger partial charge < -0.3 is 64.2 Å². The molecule has 1 unspecified atom stereocenters. The minimum absolute atomic E-state index is 0.123. The first kappa shape index (κ1) is 30.9. The van der Waals surface area contributed by atoms with Gasteiger partial charge in [-0.05, 0) is 47.6 Å². The van der Waals surface area contributed by atoms with Gasteiger partial charge in [-0.1, -0.05) is 0 Å². The molecule has 8 atom stereocenters. The van der Waals surface area contributed by atoms with E-state index in [1.807, 2.05) is 0 Å². The van der Waals surface area contributed by atoms with Crippen LogP contribution < -0.4 is 18.9 Å². The van der Waals surface area contributed by atoms with Crippen LogP contribution in [0.3, 0.4) is 0 Å². The van der Waals surface area contributed by atoms with Crippen LogP contribution in [0.15, 0.2) is 18.2 Å². The first-order valence-corrected chi connectivity index (χ1v) is 13.1. The fourth-order valence-electron chi connectivity index (χ4n) is 5.83. The average molecular weight is 583 g/mol. The zero-order valence-corrected chi connectivity index (χ0v) is 23.3. The lowest BCUT2D eigenvalue weighted by Crippen LogP contribution is -2.59. The molecule has 4 rings (SSSR count). The van der Waals surface area contributed by atoms with E-state index in [1.54, 1.807) is 18.2 Å². The van der Waals surface area contributed by atoms with Crippen LogP contribution in [0.5, 0.6) is 34.5 Å². The molecular weight excluding hydrogens is 544 g/mol. The second kappa shape index (κ2) is 12.9. The summed E-state index contributed by atoms with van der Waals surface area (Å²) in [5, 5.41) is 72.6. The Kier molecular flexibility index (Phi) is 9.70. The number of phenols is 2. The maximum Gasteiger partial charge on any atom is 0.201 e. The molecule has 13 heteroatoms. The summed E-state index contributed by atoms with van der Waals surface area (Å²) in [4.78, 5) is 0. The third kappa shape index (κ3) is 5.58. The van der Waals surface area contributed by atoms with Gasteiger partial charge in [0.2, 0.25) is 11.5 Å². The summed E-state index contributed by atoms with van der Waals surface area (Å²) in [6, 6.07) is 4.88. The van der Waals surface area contributed by atoms with Crippen LogP contribution in [0, 0.1) is 11.8 Å². The lowest BCUT2D eigenvalue weighted by Gasteiger charge is -2.43. The van der Waals surface area contributed by atoms with Crippen LogP contribution in [0.1, 0.15) is 22.6 Å². The van der Waals surface area contributed by atoms with Gasteiger partial charge in [-0.2, -0.15) is 0 Å². The van der Waals surface area contributed by atoms with E-state index in [-0.39, 0.29) is 47.7 Å². The summed E-state index contributed by atoms with van der Waals surface area (Å²) < 4.78 is 33.3. The molecule has 1 aliphatic carbocycles. The van der Waals surface area contributed by atoms with Crippen molar-refractivity contribution in [1.82, 2.24) is 0 Å². The number of hydrogen-bond donors (Lipinski definition) is 7. The molecule has 7 N–H and O–H groups in total. The van der Waals surface area contributed by atoms with Gasteiger partial charge in [-0.3, -0.25) is 0 Å². The zero-order valence-electron chi connectivity index (χ0n) is 23.3. The SMILES string of the molecule is COc1cc([C@@H]2c3c(cc(OC)c(O)c3OC)C[C@H](CO)C2CO[C@@H]2O[C@H](CO)[C@@H](O)[C@H](O)[C@H]2O)cc(OC)c1O. The van der Waals surface area contributed by atoms with Gasteiger partial charge in [0.05, 0.1) is 41.7 Å². The predicted octanol–water partition coefficient (Wildman–Crippen LogP) is -0.139. The van der Waals surface area contributed by atoms with Gasteiger partial charge in [0.1, 0.15) is 24.4 Å². The molecule has 13 nitrogen and oxygen atoms in total. The van der Waals surface area contributed by atoms with Crippen molar-refractivity contribution in [1.29, 1.82) is 0 Å². The molecule has 228 valence electrons. The van der Waals surface area contributed by atoms with E-state index in [0.717, 1.165) is 5.56 Å². The Bertz CT molecular complexity index is 1180. The summed E-state index contributed by atoms with van der Waals surface area (Å²) in [5.41, 5.74) is 1.88. The summed E-state index contributed by atoms with van der Waals surface area (Å²) >= 11 is 0. The highest BCUT2D eigenvalue weighted by atomic mass is 16.7. The van der Waals surface area contributed by atoms with E-state index in [4.69, 9.17) is 28.4 Å². The Balaban J connectivity index is 1.85. The van der Waals surface area contributed by atoms with Crippen LogP contribution in [0.4, 0.5) is 0 Å². The largest absolute Gasteiger partial charge is 0.502 e. The maximum absolute atomic E-state index is 11.0. The molecule has 1 aliphatic heterocycles. The maximum atomic E-state index is 11.0. The number of phenolic OH excluding ortho intramolecular Hbond substituents is 2. The van der Waals surface area contributed by atoms with E-state index in [2.05, 4.69) is 0 Å². The van der Waals surface area contributed by atoms with Gasteiger partial charge in [0, 0.05) is 18.1 Å². The highest BCUT2D eigenvalue weighted by molar-refractivity contribution is 5.64. The number of fused-ring (bicyclic) bond motifs is 1. The van der Waals surface area contributed by atoms with Crippen molar-refractivity contribution in [2.24, 2.45) is 11.8 Å². The summed E-state index contributed by atoms with van der Waals surface area (Å²) in [6.07, 6.45) is -7.02. The predicted molar refractivity (Wildman–Crippen MR) is 142 cm³/mol. The summed E-state index contributed by atoms with van der Waals surface area (Å²) in [6.45, 7) is -1.02. The number of aliphatic hydroxyl groups excluding tert-OH is 5. The molecule has 2 aliphatic rings. The highest BCUT2D eigenvalue weighted by Gasteiger charge is 2.46. The molecule has 1 saturated heterocycles. The summed E-state index contributed by atoms with van der Waals surface area (Å²) in [5.74, 6) is -1.51. The molecule has 41 heavy (non-hydrogen) atoms. The number of ether oxygens (including phenoxy) is 6. The first-order valence-electron chi connectivity index (χ1n) is 13.1. The van der Waals surface area contributed by atoms with Gasteiger partial charge in [-0.15, -0.1) is 0 Å². The molecule has 0 amide bonds. The van der Waals surface area contributed by atoms with Gasteiger partial charge in [0.15, 0.2) is 29.3 Å². The van der Waals surface area contributed by atoms with Crippen LogP contribution in [0.25, 0.3) is 0 Å². The molecule has 2 aromatic carbocycles. The van der Waals surface area contributed by atoms with Crippen molar-refractivity contribution in [2.75, 3.05) is 48.3 Å². The normalized spacial score (nSPS) is 29.5. The number of aliphatic hydroxyl groups is 5. The number of methoxy groups -OCH3 is 4. The second-order valence-corrected chi connectivity index (χ2v) is 10.1. The van der Waals surface area contributed by atoms with Crippen molar-refractivity contribution >= 4 is 0 Å². The van der Waals surface area contributed by atoms with E-state index < -0.39 is 55.1 Å². The lowest BCUT2D eigenvalue weighted by molar-refractivity contribution is -0.304. The van der Waals surface area contributed by atoms with E-state index >= 15 is 0 Å². The molecule has 0 radical (unpaired) electrons. The van der Waals surface area contributed by atoms with E-state index in [0.29, 0.717) is 17.5 Å². The third-order valence-electron chi connectivity index (χ3n) is 7.99. The molecule has 1 heterocycles. The summed E-state index contributed by atoms with van der Waals surface area (Å²) in [7, 11) is 5.60. The van der Waals surface area contributed by atoms with Crippen LogP contribution in [-0.2, 0) is 15.9 Å². The fourth-order valence-corrected chi connectivity index (χ4v) is 5.83. The molecule has 0 saturated carbocycles. The molecule has 0 aromatic heterocycles. The third-order valence-corrected chi connectivity index (χ3v) is 7.99. The smallest absolute Gasteiger partial charge is 0.201 e. The number of rotatable bonds is 10. The Hall–Kier alpha value is -3.04. The molecular formula is C28H38O13. The van der Waals surface area contributed by atoms with Crippen molar-refractivity contribution in [3.63, 3.8) is 0 Å². The quantitative estimate of drug-likeness (QED) is 0.196. The topological polar surface area (TPSA) is 197 Å². The van der Waals surface area contributed by atoms with Gasteiger partial charge in [0.25, 0.3) is 0 Å². The Morgan fingerprint density at radius 2 is 1.39 bits per heavy atom. The standard InChI is InChI=1S/C28H38O13/c1-36-16-7-13(8-17(37-2)22(16)31)20-15(11-40-28-26(35)25(34)23(32)19(10-30)41-28)14(9-29)5-12-6-18(38-3)24(33)27(39-4)21(12)20/h6-8,14-15,19-20,23,25-26,28-35H,5,9-11H2,1-4H3/t14-,15?,19-,20+,23-,25+,26-,28-/m1/s1. The Morgan fingerprint density at radius 3 is 1.93 bits per heavy atom. The van der Waals surface area contributed by atoms with Gasteiger partial charge in [-0.25, -0.2) is 0 Å². The van der Waals surface area contributed by atoms with Crippen molar-refractivity contribution in [3.05, 3.63) is 34.9 Å². The monoisotopic (exact) mass is 582 g/mol. The van der Waals surface area contributed by atoms with Gasteiger partial charge >= 0.3 is 0 Å². The van der Waals surface area contributed by atoms with Crippen LogP contribution >= 0.6 is 0 Å². The highest BCUT2D eigenvalue weighted by Crippen LogP contribution is 2.54. The fraction of sp³-hybridized carbons (Fsp3) is 0.571. The van der Waals surface area contributed by atoms with E-state index in [9.17, 15) is 35.7 Å². The zero-order chi connectivity index (χ0) is 30.0. The van der Waals surface area contributed by atoms with E-state index in [1.165, 1.54) is 28.4 Å². The Morgan fingerprint density at radius 1 is 0.780 bits per heavy atom. The Labute approximate surface area is 237 Å². The van der Waals surface area contributed by atoms with Crippen molar-refractivity contribution < 1.29 is 64.2 Å². The average Bonchev–Trinajstić information content (AvgIpc) is 2.98. The minimum atomic E-state index is -1.63. The van der Waals surface area contributed by atoms with Crippen LogP contribution in [-0.4, -0.2) is 115 Å². The number of benzene rings is 2. The molecule has 2 aromatic rings. The number of aromatic hydroxyl groups is 2. The molecule has 0 spiro atoms. The van der Waals surface area contributed by atoms with Crippen molar-refractivity contribution in [2.45, 2.75) is 43.0 Å². The minimum Gasteiger partial charge on any atom is -0.502 e. The molecule has 1 fully saturated rings. The number of hydrogen-bond acceptors (Lipinski definition) is 13. The van der Waals surface area contributed by atoms with Crippen molar-refractivity contribution in [3.8, 4) is 34.5 Å². The lowest BCUT2D eigenvalue weighted by atomic mass is 9.66. The molecule has 0 bridgehead atoms. The van der Waals surface area contributed by atoms with Crippen LogP contribution in [0.2, 0.25) is 0 Å². The second-order valence-electron chi connectivity index (χ2n) is 10.1. The first-order chi connectivity index (χ1) is 19.6.